The Hall–Kier alpha value is -1.38. The Kier molecular flexibility index (Phi) is 5.13. The molecule has 1 heterocycles. The fourth-order valence-electron chi connectivity index (χ4n) is 1.57. The Morgan fingerprint density at radius 1 is 1.65 bits per heavy atom. The third-order valence-corrected chi connectivity index (χ3v) is 3.22. The molecule has 5 heteroatoms. The molecule has 92 valence electrons. The Labute approximate surface area is 105 Å². The number of aliphatic hydroxyl groups is 1. The van der Waals surface area contributed by atoms with E-state index in [2.05, 4.69) is 5.32 Å². The lowest BCUT2D eigenvalue weighted by Crippen LogP contribution is -2.38. The minimum absolute atomic E-state index is 0.0861. The second-order valence-electron chi connectivity index (χ2n) is 4.26. The molecule has 4 nitrogen and oxygen atoms in total. The molecule has 1 atom stereocenters. The molecule has 0 aliphatic heterocycles. The van der Waals surface area contributed by atoms with E-state index >= 15 is 0 Å². The zero-order valence-corrected chi connectivity index (χ0v) is 10.8. The largest absolute Gasteiger partial charge is 0.394 e. The first kappa shape index (κ1) is 13.7. The Morgan fingerprint density at radius 2 is 2.35 bits per heavy atom. The van der Waals surface area contributed by atoms with Crippen molar-refractivity contribution in [3.8, 4) is 6.07 Å². The molecule has 1 aromatic rings. The highest BCUT2D eigenvalue weighted by molar-refractivity contribution is 7.12. The molecule has 0 radical (unpaired) electrons. The summed E-state index contributed by atoms with van der Waals surface area (Å²) in [6.45, 7) is 3.97. The average Bonchev–Trinajstić information content (AvgIpc) is 2.75. The molecule has 1 rings (SSSR count). The van der Waals surface area contributed by atoms with Crippen LogP contribution in [0.5, 0.6) is 0 Å². The predicted molar refractivity (Wildman–Crippen MR) is 66.8 cm³/mol. The summed E-state index contributed by atoms with van der Waals surface area (Å²) in [5.74, 6) is 0.113. The van der Waals surface area contributed by atoms with Crippen molar-refractivity contribution >= 4 is 17.2 Å². The number of carbonyl (C=O) groups excluding carboxylic acids is 1. The fourth-order valence-corrected chi connectivity index (χ4v) is 2.32. The Morgan fingerprint density at radius 3 is 2.88 bits per heavy atom. The van der Waals surface area contributed by atoms with Crippen LogP contribution in [-0.2, 0) is 0 Å². The molecule has 1 unspecified atom stereocenters. The second kappa shape index (κ2) is 6.38. The van der Waals surface area contributed by atoms with E-state index in [9.17, 15) is 9.90 Å². The van der Waals surface area contributed by atoms with Gasteiger partial charge in [0.2, 0.25) is 0 Å². The van der Waals surface area contributed by atoms with Gasteiger partial charge in [-0.1, -0.05) is 13.8 Å². The molecular weight excluding hydrogens is 236 g/mol. The molecule has 1 amide bonds. The van der Waals surface area contributed by atoms with Crippen LogP contribution >= 0.6 is 11.3 Å². The minimum Gasteiger partial charge on any atom is -0.394 e. The number of hydrogen-bond donors (Lipinski definition) is 2. The topological polar surface area (TPSA) is 73.1 Å². The predicted octanol–water partition coefficient (Wildman–Crippen LogP) is 1.76. The van der Waals surface area contributed by atoms with Gasteiger partial charge in [0.05, 0.1) is 18.2 Å². The second-order valence-corrected chi connectivity index (χ2v) is 5.17. The summed E-state index contributed by atoms with van der Waals surface area (Å²) in [7, 11) is 0. The molecule has 1 aromatic heterocycles. The highest BCUT2D eigenvalue weighted by Crippen LogP contribution is 2.16. The van der Waals surface area contributed by atoms with Gasteiger partial charge in [0.15, 0.2) is 0 Å². The van der Waals surface area contributed by atoms with Crippen molar-refractivity contribution in [2.45, 2.75) is 26.3 Å². The lowest BCUT2D eigenvalue weighted by molar-refractivity contribution is 0.0912. The van der Waals surface area contributed by atoms with Crippen LogP contribution in [0, 0.1) is 17.2 Å². The lowest BCUT2D eigenvalue weighted by atomic mass is 10.0. The van der Waals surface area contributed by atoms with Crippen LogP contribution in [0.2, 0.25) is 0 Å². The normalized spacial score (nSPS) is 12.2. The van der Waals surface area contributed by atoms with Gasteiger partial charge >= 0.3 is 0 Å². The maximum absolute atomic E-state index is 11.9. The van der Waals surface area contributed by atoms with Gasteiger partial charge in [-0.15, -0.1) is 11.3 Å². The van der Waals surface area contributed by atoms with E-state index in [1.165, 1.54) is 11.3 Å². The van der Waals surface area contributed by atoms with E-state index in [-0.39, 0.29) is 18.6 Å². The maximum Gasteiger partial charge on any atom is 0.263 e. The minimum atomic E-state index is -0.281. The molecular formula is C12H16N2O2S. The Balaban J connectivity index is 2.68. The van der Waals surface area contributed by atoms with E-state index in [1.54, 1.807) is 11.4 Å². The van der Waals surface area contributed by atoms with Crippen molar-refractivity contribution < 1.29 is 9.90 Å². The first-order valence-electron chi connectivity index (χ1n) is 5.47. The number of carbonyl (C=O) groups is 1. The molecule has 0 saturated carbocycles. The summed E-state index contributed by atoms with van der Waals surface area (Å²) < 4.78 is 0. The molecule has 0 aromatic carbocycles. The maximum atomic E-state index is 11.9. The number of aliphatic hydroxyl groups excluding tert-OH is 1. The van der Waals surface area contributed by atoms with Gasteiger partial charge in [0.25, 0.3) is 5.91 Å². The van der Waals surface area contributed by atoms with Gasteiger partial charge in [-0.25, -0.2) is 0 Å². The van der Waals surface area contributed by atoms with Crippen molar-refractivity contribution in [2.24, 2.45) is 5.92 Å². The van der Waals surface area contributed by atoms with Crippen molar-refractivity contribution in [1.29, 1.82) is 5.26 Å². The molecule has 0 aliphatic rings. The van der Waals surface area contributed by atoms with Gasteiger partial charge in [0, 0.05) is 0 Å². The highest BCUT2D eigenvalue weighted by Gasteiger charge is 2.17. The number of hydrogen-bond acceptors (Lipinski definition) is 4. The summed E-state index contributed by atoms with van der Waals surface area (Å²) in [5.41, 5.74) is 0.383. The number of rotatable bonds is 5. The first-order valence-corrected chi connectivity index (χ1v) is 6.35. The number of nitriles is 1. The number of amides is 1. The molecule has 0 fully saturated rings. The van der Waals surface area contributed by atoms with E-state index in [1.807, 2.05) is 19.9 Å². The van der Waals surface area contributed by atoms with Crippen molar-refractivity contribution in [3.63, 3.8) is 0 Å². The molecule has 2 N–H and O–H groups in total. The Bertz CT molecular complexity index is 420. The number of nitrogens with one attached hydrogen (secondary N) is 1. The third-order valence-electron chi connectivity index (χ3n) is 2.30. The van der Waals surface area contributed by atoms with Crippen molar-refractivity contribution in [1.82, 2.24) is 5.32 Å². The standard InChI is InChI=1S/C12H16N2O2S/c1-8(2)5-10(7-15)14-12(16)11-9(6-13)3-4-17-11/h3-4,8,10,15H,5,7H2,1-2H3,(H,14,16). The van der Waals surface area contributed by atoms with E-state index in [4.69, 9.17) is 5.26 Å². The monoisotopic (exact) mass is 252 g/mol. The van der Waals surface area contributed by atoms with Crippen LogP contribution in [-0.4, -0.2) is 23.7 Å². The quantitative estimate of drug-likeness (QED) is 0.838. The molecule has 0 saturated heterocycles. The van der Waals surface area contributed by atoms with Crippen LogP contribution in [0.1, 0.15) is 35.5 Å². The highest BCUT2D eigenvalue weighted by atomic mass is 32.1. The van der Waals surface area contributed by atoms with E-state index in [0.29, 0.717) is 16.4 Å². The smallest absolute Gasteiger partial charge is 0.263 e. The third kappa shape index (κ3) is 3.84. The van der Waals surface area contributed by atoms with Gasteiger partial charge in [-0.05, 0) is 23.8 Å². The van der Waals surface area contributed by atoms with Crippen molar-refractivity contribution in [2.75, 3.05) is 6.61 Å². The summed E-state index contributed by atoms with van der Waals surface area (Å²) in [5, 5.41) is 22.4. The van der Waals surface area contributed by atoms with Gasteiger partial charge < -0.3 is 10.4 Å². The van der Waals surface area contributed by atoms with Crippen molar-refractivity contribution in [3.05, 3.63) is 21.9 Å². The summed E-state index contributed by atoms with van der Waals surface area (Å²) in [6, 6.07) is 3.34. The molecule has 0 bridgehead atoms. The first-order chi connectivity index (χ1) is 8.08. The van der Waals surface area contributed by atoms with E-state index in [0.717, 1.165) is 6.42 Å². The van der Waals surface area contributed by atoms with E-state index < -0.39 is 0 Å². The van der Waals surface area contributed by atoms with Gasteiger partial charge in [-0.3, -0.25) is 4.79 Å². The molecule has 0 aliphatic carbocycles. The number of nitrogens with zero attached hydrogens (tertiary/aromatic N) is 1. The average molecular weight is 252 g/mol. The number of thiophene rings is 1. The zero-order chi connectivity index (χ0) is 12.8. The van der Waals surface area contributed by atoms with Gasteiger partial charge in [-0.2, -0.15) is 5.26 Å². The summed E-state index contributed by atoms with van der Waals surface area (Å²) in [6.07, 6.45) is 0.718. The lowest BCUT2D eigenvalue weighted by Gasteiger charge is -2.17. The SMILES string of the molecule is CC(C)CC(CO)NC(=O)c1sccc1C#N. The fraction of sp³-hybridized carbons (Fsp3) is 0.500. The van der Waals surface area contributed by atoms with Crippen LogP contribution in [0.15, 0.2) is 11.4 Å². The van der Waals surface area contributed by atoms with Crippen LogP contribution in [0.3, 0.4) is 0 Å². The molecule has 17 heavy (non-hydrogen) atoms. The van der Waals surface area contributed by atoms with Crippen LogP contribution < -0.4 is 5.32 Å². The van der Waals surface area contributed by atoms with Crippen LogP contribution in [0.4, 0.5) is 0 Å². The van der Waals surface area contributed by atoms with Crippen LogP contribution in [0.25, 0.3) is 0 Å². The summed E-state index contributed by atoms with van der Waals surface area (Å²) in [4.78, 5) is 12.3. The molecule has 0 spiro atoms. The summed E-state index contributed by atoms with van der Waals surface area (Å²) >= 11 is 1.24. The zero-order valence-electron chi connectivity index (χ0n) is 9.93. The van der Waals surface area contributed by atoms with Gasteiger partial charge in [0.1, 0.15) is 10.9 Å².